The molecule has 0 rings (SSSR count). The number of carbonyl (C=O) groups is 2. The molecule has 14 heavy (non-hydrogen) atoms. The molecule has 2 unspecified atom stereocenters. The molecule has 0 saturated carbocycles. The van der Waals surface area contributed by atoms with E-state index in [1.807, 2.05) is 6.92 Å². The summed E-state index contributed by atoms with van der Waals surface area (Å²) < 4.78 is 4.50. The van der Waals surface area contributed by atoms with E-state index in [-0.39, 0.29) is 24.3 Å². The number of alkyl halides is 1. The van der Waals surface area contributed by atoms with E-state index < -0.39 is 5.38 Å². The highest BCUT2D eigenvalue weighted by atomic mass is 35.5. The number of ether oxygens (including phenoxy) is 1. The third-order valence-electron chi connectivity index (χ3n) is 1.84. The van der Waals surface area contributed by atoms with Gasteiger partial charge < -0.3 is 10.1 Å². The Morgan fingerprint density at radius 1 is 1.50 bits per heavy atom. The van der Waals surface area contributed by atoms with E-state index in [0.717, 1.165) is 0 Å². The molecule has 0 aliphatic rings. The van der Waals surface area contributed by atoms with Crippen LogP contribution in [0.5, 0.6) is 0 Å². The summed E-state index contributed by atoms with van der Waals surface area (Å²) in [6.07, 6.45) is 0.854. The van der Waals surface area contributed by atoms with Crippen molar-refractivity contribution in [2.75, 3.05) is 7.11 Å². The van der Waals surface area contributed by atoms with Crippen LogP contribution >= 0.6 is 11.6 Å². The molecular weight excluding hydrogens is 206 g/mol. The highest BCUT2D eigenvalue weighted by Crippen LogP contribution is 2.01. The summed E-state index contributed by atoms with van der Waals surface area (Å²) in [7, 11) is 1.32. The molecule has 82 valence electrons. The van der Waals surface area contributed by atoms with Gasteiger partial charge in [-0.15, -0.1) is 11.6 Å². The third kappa shape index (κ3) is 5.07. The maximum absolute atomic E-state index is 11.2. The number of hydrogen-bond donors (Lipinski definition) is 1. The van der Waals surface area contributed by atoms with Crippen LogP contribution in [0.1, 0.15) is 26.7 Å². The van der Waals surface area contributed by atoms with Crippen LogP contribution in [0.4, 0.5) is 0 Å². The Bertz CT molecular complexity index is 206. The van der Waals surface area contributed by atoms with Crippen molar-refractivity contribution in [1.82, 2.24) is 5.32 Å². The third-order valence-corrected chi connectivity index (χ3v) is 2.04. The zero-order valence-electron chi connectivity index (χ0n) is 8.67. The van der Waals surface area contributed by atoms with Crippen LogP contribution in [0.2, 0.25) is 0 Å². The molecule has 0 saturated heterocycles. The molecular formula is C9H16ClNO3. The Morgan fingerprint density at radius 3 is 2.43 bits per heavy atom. The lowest BCUT2D eigenvalue weighted by Gasteiger charge is -2.16. The van der Waals surface area contributed by atoms with Crippen molar-refractivity contribution in [3.63, 3.8) is 0 Å². The molecule has 0 aromatic heterocycles. The Balaban J connectivity index is 4.03. The van der Waals surface area contributed by atoms with Crippen LogP contribution in [-0.2, 0) is 14.3 Å². The second-order valence-electron chi connectivity index (χ2n) is 3.01. The first-order valence-corrected chi connectivity index (χ1v) is 4.96. The minimum atomic E-state index is -0.582. The fraction of sp³-hybridized carbons (Fsp3) is 0.778. The lowest BCUT2D eigenvalue weighted by Crippen LogP contribution is -2.39. The molecule has 0 aliphatic carbocycles. The Morgan fingerprint density at radius 2 is 2.07 bits per heavy atom. The van der Waals surface area contributed by atoms with Crippen molar-refractivity contribution in [1.29, 1.82) is 0 Å². The summed E-state index contributed by atoms with van der Waals surface area (Å²) in [6, 6.07) is -0.198. The van der Waals surface area contributed by atoms with Crippen LogP contribution in [0.15, 0.2) is 0 Å². The van der Waals surface area contributed by atoms with E-state index in [0.29, 0.717) is 6.42 Å². The maximum Gasteiger partial charge on any atom is 0.307 e. The lowest BCUT2D eigenvalue weighted by molar-refractivity contribution is -0.141. The average molecular weight is 222 g/mol. The average Bonchev–Trinajstić information content (AvgIpc) is 2.16. The number of nitrogens with one attached hydrogen (secondary N) is 1. The summed E-state index contributed by atoms with van der Waals surface area (Å²) in [5.74, 6) is -0.596. The van der Waals surface area contributed by atoms with Gasteiger partial charge in [-0.05, 0) is 13.3 Å². The van der Waals surface area contributed by atoms with E-state index in [1.165, 1.54) is 7.11 Å². The van der Waals surface area contributed by atoms with Crippen LogP contribution in [0.3, 0.4) is 0 Å². The fourth-order valence-electron chi connectivity index (χ4n) is 0.898. The second kappa shape index (κ2) is 6.65. The quantitative estimate of drug-likeness (QED) is 0.558. The highest BCUT2D eigenvalue weighted by Gasteiger charge is 2.17. The van der Waals surface area contributed by atoms with Crippen LogP contribution in [0, 0.1) is 0 Å². The van der Waals surface area contributed by atoms with Gasteiger partial charge in [0, 0.05) is 6.04 Å². The van der Waals surface area contributed by atoms with Gasteiger partial charge in [-0.3, -0.25) is 9.59 Å². The molecule has 0 fully saturated rings. The second-order valence-corrected chi connectivity index (χ2v) is 3.66. The molecule has 5 heteroatoms. The Hall–Kier alpha value is -0.770. The van der Waals surface area contributed by atoms with Crippen molar-refractivity contribution in [2.45, 2.75) is 38.1 Å². The molecule has 0 aromatic rings. The van der Waals surface area contributed by atoms with Gasteiger partial charge in [0.25, 0.3) is 0 Å². The molecule has 0 aromatic carbocycles. The van der Waals surface area contributed by atoms with Crippen LogP contribution in [-0.4, -0.2) is 30.4 Å². The first-order valence-electron chi connectivity index (χ1n) is 4.52. The van der Waals surface area contributed by atoms with Gasteiger partial charge in [-0.1, -0.05) is 6.92 Å². The molecule has 1 amide bonds. The van der Waals surface area contributed by atoms with Gasteiger partial charge in [-0.2, -0.15) is 0 Å². The van der Waals surface area contributed by atoms with Gasteiger partial charge in [0.1, 0.15) is 5.38 Å². The monoisotopic (exact) mass is 221 g/mol. The molecule has 0 radical (unpaired) electrons. The van der Waals surface area contributed by atoms with E-state index >= 15 is 0 Å². The molecule has 2 atom stereocenters. The number of halogens is 1. The van der Waals surface area contributed by atoms with E-state index in [1.54, 1.807) is 6.92 Å². The topological polar surface area (TPSA) is 55.4 Å². The molecule has 0 aliphatic heterocycles. The molecule has 0 spiro atoms. The SMILES string of the molecule is CCC(CC(=O)OC)NC(=O)C(C)Cl. The van der Waals surface area contributed by atoms with Gasteiger partial charge in [0.05, 0.1) is 13.5 Å². The first-order chi connectivity index (χ1) is 6.51. The van der Waals surface area contributed by atoms with Crippen molar-refractivity contribution < 1.29 is 14.3 Å². The van der Waals surface area contributed by atoms with Gasteiger partial charge in [-0.25, -0.2) is 0 Å². The standard InChI is InChI=1S/C9H16ClNO3/c1-4-7(5-8(12)14-3)11-9(13)6(2)10/h6-7H,4-5H2,1-3H3,(H,11,13). The summed E-state index contributed by atoms with van der Waals surface area (Å²) in [5, 5.41) is 2.08. The number of hydrogen-bond acceptors (Lipinski definition) is 3. The van der Waals surface area contributed by atoms with Crippen molar-refractivity contribution in [3.05, 3.63) is 0 Å². The number of carbonyl (C=O) groups excluding carboxylic acids is 2. The lowest BCUT2D eigenvalue weighted by atomic mass is 10.1. The largest absolute Gasteiger partial charge is 0.469 e. The summed E-state index contributed by atoms with van der Waals surface area (Å²) in [5.41, 5.74) is 0. The minimum Gasteiger partial charge on any atom is -0.469 e. The number of methoxy groups -OCH3 is 1. The normalized spacial score (nSPS) is 14.3. The van der Waals surface area contributed by atoms with Crippen LogP contribution < -0.4 is 5.32 Å². The first kappa shape index (κ1) is 13.2. The fourth-order valence-corrected chi connectivity index (χ4v) is 0.961. The molecule has 1 N–H and O–H groups in total. The minimum absolute atomic E-state index is 0.183. The van der Waals surface area contributed by atoms with Crippen molar-refractivity contribution >= 4 is 23.5 Å². The number of rotatable bonds is 5. The predicted molar refractivity (Wildman–Crippen MR) is 54.2 cm³/mol. The summed E-state index contributed by atoms with van der Waals surface area (Å²) in [6.45, 7) is 3.47. The highest BCUT2D eigenvalue weighted by molar-refractivity contribution is 6.30. The van der Waals surface area contributed by atoms with Crippen molar-refractivity contribution in [2.24, 2.45) is 0 Å². The Kier molecular flexibility index (Phi) is 6.28. The predicted octanol–water partition coefficient (Wildman–Crippen LogP) is 1.07. The van der Waals surface area contributed by atoms with Crippen LogP contribution in [0.25, 0.3) is 0 Å². The van der Waals surface area contributed by atoms with E-state index in [4.69, 9.17) is 11.6 Å². The number of amides is 1. The number of esters is 1. The summed E-state index contributed by atoms with van der Waals surface area (Å²) in [4.78, 5) is 22.1. The Labute approximate surface area is 88.9 Å². The summed E-state index contributed by atoms with van der Waals surface area (Å²) >= 11 is 5.57. The van der Waals surface area contributed by atoms with E-state index in [2.05, 4.69) is 10.1 Å². The van der Waals surface area contributed by atoms with Gasteiger partial charge in [0.2, 0.25) is 5.91 Å². The zero-order valence-corrected chi connectivity index (χ0v) is 9.43. The molecule has 4 nitrogen and oxygen atoms in total. The van der Waals surface area contributed by atoms with Gasteiger partial charge in [0.15, 0.2) is 0 Å². The molecule has 0 heterocycles. The maximum atomic E-state index is 11.2. The molecule has 0 bridgehead atoms. The van der Waals surface area contributed by atoms with Gasteiger partial charge >= 0.3 is 5.97 Å². The van der Waals surface area contributed by atoms with E-state index in [9.17, 15) is 9.59 Å². The zero-order chi connectivity index (χ0) is 11.1. The van der Waals surface area contributed by atoms with Crippen molar-refractivity contribution in [3.8, 4) is 0 Å². The smallest absolute Gasteiger partial charge is 0.307 e.